The van der Waals surface area contributed by atoms with Crippen molar-refractivity contribution in [2.24, 2.45) is 11.7 Å². The summed E-state index contributed by atoms with van der Waals surface area (Å²) in [6, 6.07) is 0. The summed E-state index contributed by atoms with van der Waals surface area (Å²) in [6.45, 7) is 4.45. The smallest absolute Gasteiger partial charge is 0.211 e. The third kappa shape index (κ3) is 3.34. The van der Waals surface area contributed by atoms with E-state index in [4.69, 9.17) is 5.73 Å². The van der Waals surface area contributed by atoms with E-state index in [9.17, 15) is 8.42 Å². The molecule has 108 valence electrons. The fraction of sp³-hybridized carbons (Fsp3) is 0.750. The highest BCUT2D eigenvalue weighted by molar-refractivity contribution is 7.88. The first kappa shape index (κ1) is 14.5. The van der Waals surface area contributed by atoms with Crippen LogP contribution in [0.5, 0.6) is 0 Å². The minimum absolute atomic E-state index is 0.335. The number of nitrogens with zero attached hydrogens (tertiary/aromatic N) is 3. The number of rotatable bonds is 4. The van der Waals surface area contributed by atoms with Crippen LogP contribution in [0.4, 0.5) is 0 Å². The summed E-state index contributed by atoms with van der Waals surface area (Å²) in [5.41, 5.74) is 6.71. The van der Waals surface area contributed by atoms with E-state index in [1.54, 1.807) is 10.5 Å². The van der Waals surface area contributed by atoms with E-state index in [0.717, 1.165) is 30.9 Å². The highest BCUT2D eigenvalue weighted by Gasteiger charge is 2.26. The van der Waals surface area contributed by atoms with Gasteiger partial charge in [-0.3, -0.25) is 0 Å². The first-order chi connectivity index (χ1) is 8.91. The van der Waals surface area contributed by atoms with Gasteiger partial charge in [-0.15, -0.1) is 0 Å². The molecular weight excluding hydrogens is 264 g/mol. The highest BCUT2D eigenvalue weighted by atomic mass is 32.2. The molecule has 2 N–H and O–H groups in total. The molecule has 1 unspecified atom stereocenters. The molecule has 2 heterocycles. The molecule has 1 aliphatic heterocycles. The Bertz CT molecular complexity index is 538. The normalized spacial score (nSPS) is 21.7. The predicted molar refractivity (Wildman–Crippen MR) is 74.0 cm³/mol. The number of nitrogens with two attached hydrogens (primary N) is 1. The van der Waals surface area contributed by atoms with E-state index in [1.165, 1.54) is 6.26 Å². The molecule has 0 aromatic carbocycles. The molecule has 1 saturated heterocycles. The number of aromatic nitrogens is 2. The van der Waals surface area contributed by atoms with Gasteiger partial charge in [-0.1, -0.05) is 0 Å². The standard InChI is InChI=1S/C12H22N4O2S/c1-10-14-7-12(6-13)16(10)9-11-4-3-5-15(8-11)19(2,17)18/h7,11H,3-6,8-9,13H2,1-2H3. The molecule has 0 saturated carbocycles. The first-order valence-corrected chi connectivity index (χ1v) is 8.43. The second-order valence-corrected chi connectivity index (χ2v) is 7.22. The van der Waals surface area contributed by atoms with Crippen molar-refractivity contribution in [1.82, 2.24) is 13.9 Å². The molecular formula is C12H22N4O2S. The molecule has 1 aromatic rings. The Kier molecular flexibility index (Phi) is 4.27. The molecule has 1 aliphatic rings. The van der Waals surface area contributed by atoms with Gasteiger partial charge in [0, 0.05) is 32.4 Å². The van der Waals surface area contributed by atoms with Crippen LogP contribution in [0.15, 0.2) is 6.20 Å². The predicted octanol–water partition coefficient (Wildman–Crippen LogP) is 0.322. The minimum atomic E-state index is -3.08. The zero-order chi connectivity index (χ0) is 14.0. The van der Waals surface area contributed by atoms with Crippen LogP contribution in [0.1, 0.15) is 24.4 Å². The lowest BCUT2D eigenvalue weighted by Gasteiger charge is -2.31. The van der Waals surface area contributed by atoms with Gasteiger partial charge in [0.25, 0.3) is 0 Å². The summed E-state index contributed by atoms with van der Waals surface area (Å²) in [5.74, 6) is 1.28. The molecule has 1 fully saturated rings. The Morgan fingerprint density at radius 2 is 2.26 bits per heavy atom. The van der Waals surface area contributed by atoms with Crippen LogP contribution in [0, 0.1) is 12.8 Å². The zero-order valence-corrected chi connectivity index (χ0v) is 12.4. The van der Waals surface area contributed by atoms with Crippen molar-refractivity contribution in [3.8, 4) is 0 Å². The monoisotopic (exact) mass is 286 g/mol. The lowest BCUT2D eigenvalue weighted by atomic mass is 9.99. The lowest BCUT2D eigenvalue weighted by Crippen LogP contribution is -2.40. The number of hydrogen-bond acceptors (Lipinski definition) is 4. The van der Waals surface area contributed by atoms with Gasteiger partial charge in [0.1, 0.15) is 5.82 Å². The molecule has 0 spiro atoms. The van der Waals surface area contributed by atoms with E-state index in [-0.39, 0.29) is 0 Å². The van der Waals surface area contributed by atoms with Crippen LogP contribution in [0.3, 0.4) is 0 Å². The van der Waals surface area contributed by atoms with Crippen LogP contribution in [0.2, 0.25) is 0 Å². The molecule has 0 bridgehead atoms. The van der Waals surface area contributed by atoms with E-state index < -0.39 is 10.0 Å². The van der Waals surface area contributed by atoms with Crippen molar-refractivity contribution in [3.63, 3.8) is 0 Å². The quantitative estimate of drug-likeness (QED) is 0.864. The number of imidazole rings is 1. The van der Waals surface area contributed by atoms with Gasteiger partial charge >= 0.3 is 0 Å². The Morgan fingerprint density at radius 1 is 1.53 bits per heavy atom. The largest absolute Gasteiger partial charge is 0.331 e. The molecule has 2 rings (SSSR count). The number of sulfonamides is 1. The van der Waals surface area contributed by atoms with E-state index in [0.29, 0.717) is 25.6 Å². The Labute approximate surface area is 114 Å². The lowest BCUT2D eigenvalue weighted by molar-refractivity contribution is 0.244. The molecule has 0 amide bonds. The molecule has 0 aliphatic carbocycles. The van der Waals surface area contributed by atoms with Gasteiger partial charge in [-0.2, -0.15) is 0 Å². The Hall–Kier alpha value is -0.920. The Morgan fingerprint density at radius 3 is 2.89 bits per heavy atom. The van der Waals surface area contributed by atoms with E-state index in [2.05, 4.69) is 9.55 Å². The van der Waals surface area contributed by atoms with Gasteiger partial charge < -0.3 is 10.3 Å². The summed E-state index contributed by atoms with van der Waals surface area (Å²) in [7, 11) is -3.08. The van der Waals surface area contributed by atoms with Crippen LogP contribution >= 0.6 is 0 Å². The molecule has 0 radical (unpaired) electrons. The number of aryl methyl sites for hydroxylation is 1. The number of piperidine rings is 1. The van der Waals surface area contributed by atoms with Crippen LogP contribution in [-0.2, 0) is 23.1 Å². The van der Waals surface area contributed by atoms with E-state index >= 15 is 0 Å². The molecule has 1 atom stereocenters. The number of hydrogen-bond donors (Lipinski definition) is 1. The molecule has 1 aromatic heterocycles. The van der Waals surface area contributed by atoms with Crippen molar-refractivity contribution < 1.29 is 8.42 Å². The van der Waals surface area contributed by atoms with Crippen LogP contribution in [-0.4, -0.2) is 41.6 Å². The summed E-state index contributed by atoms with van der Waals surface area (Å²) in [6.07, 6.45) is 5.05. The summed E-state index contributed by atoms with van der Waals surface area (Å²) in [5, 5.41) is 0. The second kappa shape index (κ2) is 5.60. The zero-order valence-electron chi connectivity index (χ0n) is 11.5. The fourth-order valence-electron chi connectivity index (χ4n) is 2.66. The van der Waals surface area contributed by atoms with Gasteiger partial charge in [0.05, 0.1) is 11.9 Å². The maximum Gasteiger partial charge on any atom is 0.211 e. The van der Waals surface area contributed by atoms with E-state index in [1.807, 2.05) is 6.92 Å². The van der Waals surface area contributed by atoms with Crippen molar-refractivity contribution >= 4 is 10.0 Å². The third-order valence-corrected chi connectivity index (χ3v) is 5.01. The average Bonchev–Trinajstić information content (AvgIpc) is 2.70. The summed E-state index contributed by atoms with van der Waals surface area (Å²) in [4.78, 5) is 4.27. The van der Waals surface area contributed by atoms with Gasteiger partial charge in [0.2, 0.25) is 10.0 Å². The van der Waals surface area contributed by atoms with Crippen molar-refractivity contribution in [2.75, 3.05) is 19.3 Å². The van der Waals surface area contributed by atoms with Gasteiger partial charge in [0.15, 0.2) is 0 Å². The van der Waals surface area contributed by atoms with Crippen LogP contribution in [0.25, 0.3) is 0 Å². The maximum absolute atomic E-state index is 11.6. The highest BCUT2D eigenvalue weighted by Crippen LogP contribution is 2.21. The van der Waals surface area contributed by atoms with Crippen molar-refractivity contribution in [2.45, 2.75) is 32.9 Å². The minimum Gasteiger partial charge on any atom is -0.331 e. The van der Waals surface area contributed by atoms with Gasteiger partial charge in [-0.25, -0.2) is 17.7 Å². The molecule has 19 heavy (non-hydrogen) atoms. The molecule has 7 heteroatoms. The average molecular weight is 286 g/mol. The summed E-state index contributed by atoms with van der Waals surface area (Å²) >= 11 is 0. The van der Waals surface area contributed by atoms with Crippen molar-refractivity contribution in [3.05, 3.63) is 17.7 Å². The fourth-order valence-corrected chi connectivity index (χ4v) is 3.61. The first-order valence-electron chi connectivity index (χ1n) is 6.58. The maximum atomic E-state index is 11.6. The Balaban J connectivity index is 2.09. The van der Waals surface area contributed by atoms with Crippen LogP contribution < -0.4 is 5.73 Å². The second-order valence-electron chi connectivity index (χ2n) is 5.24. The third-order valence-electron chi connectivity index (χ3n) is 3.74. The van der Waals surface area contributed by atoms with Crippen molar-refractivity contribution in [1.29, 1.82) is 0 Å². The SMILES string of the molecule is Cc1ncc(CN)n1CC1CCCN(S(C)(=O)=O)C1. The molecule has 6 nitrogen and oxygen atoms in total. The van der Waals surface area contributed by atoms with Gasteiger partial charge in [-0.05, 0) is 25.7 Å². The summed E-state index contributed by atoms with van der Waals surface area (Å²) < 4.78 is 26.9. The topological polar surface area (TPSA) is 81.2 Å².